The minimum atomic E-state index is -0.340. The normalized spacial score (nSPS) is 17.6. The minimum absolute atomic E-state index is 0.273. The average molecular weight is 281 g/mol. The topological polar surface area (TPSA) is 12.0 Å². The van der Waals surface area contributed by atoms with E-state index < -0.39 is 0 Å². The quantitative estimate of drug-likeness (QED) is 0.734. The lowest BCUT2D eigenvalue weighted by Gasteiger charge is -2.24. The molecule has 0 radical (unpaired) electrons. The van der Waals surface area contributed by atoms with Crippen molar-refractivity contribution in [2.75, 3.05) is 13.1 Å². The smallest absolute Gasteiger partial charge is 0.126 e. The molecule has 0 aliphatic heterocycles. The predicted octanol–water partition coefficient (Wildman–Crippen LogP) is 4.31. The molecule has 1 unspecified atom stereocenters. The molecule has 0 heterocycles. The number of hydrogen-bond donors (Lipinski definition) is 1. The Morgan fingerprint density at radius 3 is 2.70 bits per heavy atom. The standard InChI is InChI=1S/C17H25F2N/c1-2-9-20-12-15(13-5-3-4-6-13)10-14-11-16(18)7-8-17(14)19/h7-8,11,13,15,20H,2-6,9-10,12H2,1H3. The van der Waals surface area contributed by atoms with E-state index in [9.17, 15) is 8.78 Å². The van der Waals surface area contributed by atoms with Crippen molar-refractivity contribution >= 4 is 0 Å². The first-order valence-corrected chi connectivity index (χ1v) is 7.85. The van der Waals surface area contributed by atoms with E-state index in [1.54, 1.807) is 0 Å². The highest BCUT2D eigenvalue weighted by molar-refractivity contribution is 5.19. The minimum Gasteiger partial charge on any atom is -0.316 e. The summed E-state index contributed by atoms with van der Waals surface area (Å²) in [7, 11) is 0. The van der Waals surface area contributed by atoms with Crippen molar-refractivity contribution in [1.82, 2.24) is 5.32 Å². The van der Waals surface area contributed by atoms with Crippen molar-refractivity contribution < 1.29 is 8.78 Å². The lowest BCUT2D eigenvalue weighted by Crippen LogP contribution is -2.29. The van der Waals surface area contributed by atoms with E-state index in [1.165, 1.54) is 43.9 Å². The Kier molecular flexibility index (Phi) is 5.96. The second-order valence-electron chi connectivity index (χ2n) is 5.95. The van der Waals surface area contributed by atoms with Crippen LogP contribution in [0, 0.1) is 23.5 Å². The first-order valence-electron chi connectivity index (χ1n) is 7.85. The van der Waals surface area contributed by atoms with Gasteiger partial charge >= 0.3 is 0 Å². The van der Waals surface area contributed by atoms with Crippen LogP contribution >= 0.6 is 0 Å². The van der Waals surface area contributed by atoms with Gasteiger partial charge in [-0.25, -0.2) is 8.78 Å². The Labute approximate surface area is 120 Å². The van der Waals surface area contributed by atoms with Crippen LogP contribution in [0.1, 0.15) is 44.6 Å². The summed E-state index contributed by atoms with van der Waals surface area (Å²) in [5.74, 6) is 0.459. The average Bonchev–Trinajstić information content (AvgIpc) is 2.96. The summed E-state index contributed by atoms with van der Waals surface area (Å²) in [5.41, 5.74) is 0.528. The zero-order valence-corrected chi connectivity index (χ0v) is 12.3. The van der Waals surface area contributed by atoms with E-state index in [0.717, 1.165) is 19.5 Å². The third-order valence-corrected chi connectivity index (χ3v) is 4.39. The van der Waals surface area contributed by atoms with Crippen molar-refractivity contribution in [2.45, 2.75) is 45.4 Å². The number of halogens is 2. The first-order chi connectivity index (χ1) is 9.70. The van der Waals surface area contributed by atoms with Gasteiger partial charge < -0.3 is 5.32 Å². The van der Waals surface area contributed by atoms with Gasteiger partial charge in [0.15, 0.2) is 0 Å². The summed E-state index contributed by atoms with van der Waals surface area (Å²) in [4.78, 5) is 0. The summed E-state index contributed by atoms with van der Waals surface area (Å²) in [6.07, 6.45) is 6.77. The second kappa shape index (κ2) is 7.72. The molecule has 1 nitrogen and oxygen atoms in total. The zero-order valence-electron chi connectivity index (χ0n) is 12.3. The molecule has 1 aliphatic carbocycles. The van der Waals surface area contributed by atoms with Crippen molar-refractivity contribution in [3.8, 4) is 0 Å². The maximum absolute atomic E-state index is 13.8. The highest BCUT2D eigenvalue weighted by atomic mass is 19.1. The van der Waals surface area contributed by atoms with Gasteiger partial charge in [-0.1, -0.05) is 32.6 Å². The SMILES string of the molecule is CCCNCC(Cc1cc(F)ccc1F)C1CCCC1. The van der Waals surface area contributed by atoms with Gasteiger partial charge in [-0.2, -0.15) is 0 Å². The summed E-state index contributed by atoms with van der Waals surface area (Å²) < 4.78 is 27.1. The van der Waals surface area contributed by atoms with E-state index in [4.69, 9.17) is 0 Å². The third kappa shape index (κ3) is 4.27. The number of rotatable bonds is 7. The molecule has 2 rings (SSSR count). The van der Waals surface area contributed by atoms with Crippen molar-refractivity contribution in [2.24, 2.45) is 11.8 Å². The van der Waals surface area contributed by atoms with Crippen LogP contribution in [0.4, 0.5) is 8.78 Å². The molecule has 20 heavy (non-hydrogen) atoms. The van der Waals surface area contributed by atoms with Gasteiger partial charge in [-0.3, -0.25) is 0 Å². The lowest BCUT2D eigenvalue weighted by molar-refractivity contribution is 0.318. The van der Waals surface area contributed by atoms with Gasteiger partial charge in [0, 0.05) is 0 Å². The fourth-order valence-corrected chi connectivity index (χ4v) is 3.28. The van der Waals surface area contributed by atoms with Crippen molar-refractivity contribution in [3.63, 3.8) is 0 Å². The van der Waals surface area contributed by atoms with Crippen LogP contribution in [0.25, 0.3) is 0 Å². The number of benzene rings is 1. The first kappa shape index (κ1) is 15.4. The summed E-state index contributed by atoms with van der Waals surface area (Å²) in [6.45, 7) is 4.05. The maximum atomic E-state index is 13.8. The van der Waals surface area contributed by atoms with Crippen LogP contribution in [-0.4, -0.2) is 13.1 Å². The van der Waals surface area contributed by atoms with E-state index in [-0.39, 0.29) is 11.6 Å². The van der Waals surface area contributed by atoms with Gasteiger partial charge in [0.25, 0.3) is 0 Å². The molecule has 1 saturated carbocycles. The molecule has 1 aromatic rings. The molecule has 112 valence electrons. The second-order valence-corrected chi connectivity index (χ2v) is 5.95. The van der Waals surface area contributed by atoms with Crippen LogP contribution in [-0.2, 0) is 6.42 Å². The van der Waals surface area contributed by atoms with Crippen LogP contribution in [0.2, 0.25) is 0 Å². The Morgan fingerprint density at radius 1 is 1.25 bits per heavy atom. The molecule has 0 saturated heterocycles. The molecular weight excluding hydrogens is 256 g/mol. The number of hydrogen-bond acceptors (Lipinski definition) is 1. The molecule has 3 heteroatoms. The number of nitrogens with one attached hydrogen (secondary N) is 1. The van der Waals surface area contributed by atoms with E-state index in [2.05, 4.69) is 12.2 Å². The highest BCUT2D eigenvalue weighted by Crippen LogP contribution is 2.33. The molecule has 1 aliphatic rings. The fraction of sp³-hybridized carbons (Fsp3) is 0.647. The van der Waals surface area contributed by atoms with Crippen LogP contribution in [0.3, 0.4) is 0 Å². The molecule has 1 N–H and O–H groups in total. The molecule has 1 atom stereocenters. The molecule has 1 fully saturated rings. The van der Waals surface area contributed by atoms with Gasteiger partial charge in [0.2, 0.25) is 0 Å². The largest absolute Gasteiger partial charge is 0.316 e. The Morgan fingerprint density at radius 2 is 2.00 bits per heavy atom. The predicted molar refractivity (Wildman–Crippen MR) is 78.7 cm³/mol. The zero-order chi connectivity index (χ0) is 14.4. The van der Waals surface area contributed by atoms with Gasteiger partial charge in [0.1, 0.15) is 11.6 Å². The van der Waals surface area contributed by atoms with Crippen LogP contribution in [0.15, 0.2) is 18.2 Å². The monoisotopic (exact) mass is 281 g/mol. The van der Waals surface area contributed by atoms with Gasteiger partial charge in [-0.05, 0) is 61.5 Å². The molecule has 0 amide bonds. The molecule has 0 aromatic heterocycles. The fourth-order valence-electron chi connectivity index (χ4n) is 3.28. The Bertz CT molecular complexity index is 413. The summed E-state index contributed by atoms with van der Waals surface area (Å²) in [6, 6.07) is 3.80. The highest BCUT2D eigenvalue weighted by Gasteiger charge is 2.25. The van der Waals surface area contributed by atoms with E-state index in [1.807, 2.05) is 0 Å². The van der Waals surface area contributed by atoms with Crippen LogP contribution < -0.4 is 5.32 Å². The third-order valence-electron chi connectivity index (χ3n) is 4.39. The Balaban J connectivity index is 2.03. The van der Waals surface area contributed by atoms with Gasteiger partial charge in [-0.15, -0.1) is 0 Å². The maximum Gasteiger partial charge on any atom is 0.126 e. The lowest BCUT2D eigenvalue weighted by atomic mass is 9.85. The molecule has 0 spiro atoms. The summed E-state index contributed by atoms with van der Waals surface area (Å²) >= 11 is 0. The Hall–Kier alpha value is -0.960. The molecule has 0 bridgehead atoms. The molecule has 1 aromatic carbocycles. The summed E-state index contributed by atoms with van der Waals surface area (Å²) in [5, 5.41) is 3.45. The van der Waals surface area contributed by atoms with Crippen molar-refractivity contribution in [1.29, 1.82) is 0 Å². The van der Waals surface area contributed by atoms with E-state index >= 15 is 0 Å². The van der Waals surface area contributed by atoms with Crippen LogP contribution in [0.5, 0.6) is 0 Å². The molecular formula is C17H25F2N. The van der Waals surface area contributed by atoms with E-state index in [0.29, 0.717) is 23.8 Å². The van der Waals surface area contributed by atoms with Crippen molar-refractivity contribution in [3.05, 3.63) is 35.4 Å². The van der Waals surface area contributed by atoms with Gasteiger partial charge in [0.05, 0.1) is 0 Å².